The van der Waals surface area contributed by atoms with Gasteiger partial charge in [-0.25, -0.2) is 5.43 Å². The molecule has 4 nitrogen and oxygen atoms in total. The summed E-state index contributed by atoms with van der Waals surface area (Å²) in [6.07, 6.45) is 4.10. The maximum atomic E-state index is 10.5. The van der Waals surface area contributed by atoms with Crippen molar-refractivity contribution in [2.75, 3.05) is 6.61 Å². The Kier molecular flexibility index (Phi) is 3.89. The zero-order valence-electron chi connectivity index (χ0n) is 8.12. The first-order valence-corrected chi connectivity index (χ1v) is 4.60. The van der Waals surface area contributed by atoms with Gasteiger partial charge in [0, 0.05) is 25.7 Å². The molecule has 0 bridgehead atoms. The minimum absolute atomic E-state index is 0.128. The van der Waals surface area contributed by atoms with Crippen LogP contribution in [0.2, 0.25) is 0 Å². The van der Waals surface area contributed by atoms with E-state index in [1.165, 1.54) is 6.92 Å². The highest BCUT2D eigenvalue weighted by Crippen LogP contribution is 2.17. The topological polar surface area (TPSA) is 50.7 Å². The lowest BCUT2D eigenvalue weighted by Crippen LogP contribution is -2.24. The van der Waals surface area contributed by atoms with Gasteiger partial charge in [0.25, 0.3) is 0 Å². The molecule has 1 fully saturated rings. The van der Waals surface area contributed by atoms with E-state index in [2.05, 4.69) is 17.5 Å². The summed E-state index contributed by atoms with van der Waals surface area (Å²) in [7, 11) is 0. The van der Waals surface area contributed by atoms with E-state index in [0.717, 1.165) is 19.4 Å². The highest BCUT2D eigenvalue weighted by atomic mass is 16.5. The Balaban J connectivity index is 2.27. The molecule has 2 atom stereocenters. The van der Waals surface area contributed by atoms with Crippen LogP contribution in [0, 0.1) is 5.92 Å². The molecule has 0 spiro atoms. The molecule has 13 heavy (non-hydrogen) atoms. The number of nitrogens with zero attached hydrogens (tertiary/aromatic N) is 1. The Morgan fingerprint density at radius 1 is 1.69 bits per heavy atom. The number of carbonyl (C=O) groups is 1. The lowest BCUT2D eigenvalue weighted by atomic mass is 9.98. The molecule has 1 rings (SSSR count). The van der Waals surface area contributed by atoms with E-state index in [0.29, 0.717) is 12.0 Å². The van der Waals surface area contributed by atoms with E-state index in [1.54, 1.807) is 6.21 Å². The van der Waals surface area contributed by atoms with Crippen molar-refractivity contribution in [2.45, 2.75) is 32.8 Å². The largest absolute Gasteiger partial charge is 0.378 e. The summed E-state index contributed by atoms with van der Waals surface area (Å²) in [6, 6.07) is 0. The normalized spacial score (nSPS) is 29.1. The first-order valence-electron chi connectivity index (χ1n) is 4.60. The monoisotopic (exact) mass is 184 g/mol. The first-order chi connectivity index (χ1) is 6.18. The van der Waals surface area contributed by atoms with E-state index >= 15 is 0 Å². The molecule has 4 heteroatoms. The summed E-state index contributed by atoms with van der Waals surface area (Å²) in [6.45, 7) is 4.29. The van der Waals surface area contributed by atoms with Crippen LogP contribution in [0.1, 0.15) is 26.7 Å². The van der Waals surface area contributed by atoms with Gasteiger partial charge in [0.15, 0.2) is 0 Å². The summed E-state index contributed by atoms with van der Waals surface area (Å²) in [4.78, 5) is 10.5. The van der Waals surface area contributed by atoms with Crippen molar-refractivity contribution in [1.82, 2.24) is 5.43 Å². The Bertz CT molecular complexity index is 204. The number of ether oxygens (including phenoxy) is 1. The second-order valence-corrected chi connectivity index (χ2v) is 3.41. The molecule has 0 aromatic rings. The van der Waals surface area contributed by atoms with Crippen LogP contribution in [0.3, 0.4) is 0 Å². The van der Waals surface area contributed by atoms with E-state index in [9.17, 15) is 4.79 Å². The van der Waals surface area contributed by atoms with Gasteiger partial charge in [-0.2, -0.15) is 5.10 Å². The smallest absolute Gasteiger partial charge is 0.236 e. The van der Waals surface area contributed by atoms with Gasteiger partial charge in [0.1, 0.15) is 0 Å². The van der Waals surface area contributed by atoms with E-state index in [4.69, 9.17) is 4.74 Å². The van der Waals surface area contributed by atoms with Gasteiger partial charge in [-0.15, -0.1) is 0 Å². The minimum Gasteiger partial charge on any atom is -0.378 e. The third-order valence-electron chi connectivity index (χ3n) is 2.03. The molecule has 0 aromatic heterocycles. The van der Waals surface area contributed by atoms with Crippen molar-refractivity contribution in [1.29, 1.82) is 0 Å². The van der Waals surface area contributed by atoms with Crippen LogP contribution in [0.15, 0.2) is 5.10 Å². The zero-order valence-corrected chi connectivity index (χ0v) is 8.12. The highest BCUT2D eigenvalue weighted by Gasteiger charge is 2.17. The van der Waals surface area contributed by atoms with Crippen LogP contribution in [-0.4, -0.2) is 24.8 Å². The first kappa shape index (κ1) is 10.2. The zero-order chi connectivity index (χ0) is 9.68. The Morgan fingerprint density at radius 3 is 3.08 bits per heavy atom. The fourth-order valence-electron chi connectivity index (χ4n) is 1.40. The van der Waals surface area contributed by atoms with Crippen molar-refractivity contribution in [3.05, 3.63) is 0 Å². The van der Waals surface area contributed by atoms with Gasteiger partial charge < -0.3 is 4.74 Å². The van der Waals surface area contributed by atoms with Crippen molar-refractivity contribution >= 4 is 12.1 Å². The van der Waals surface area contributed by atoms with Crippen molar-refractivity contribution in [2.24, 2.45) is 11.0 Å². The third-order valence-corrected chi connectivity index (χ3v) is 2.03. The van der Waals surface area contributed by atoms with E-state index in [-0.39, 0.29) is 5.91 Å². The Labute approximate surface area is 78.3 Å². The number of hydrogen-bond acceptors (Lipinski definition) is 3. The van der Waals surface area contributed by atoms with Gasteiger partial charge in [0.2, 0.25) is 5.91 Å². The van der Waals surface area contributed by atoms with Crippen LogP contribution in [0.4, 0.5) is 0 Å². The van der Waals surface area contributed by atoms with Crippen molar-refractivity contribution in [3.63, 3.8) is 0 Å². The number of amides is 1. The quantitative estimate of drug-likeness (QED) is 0.512. The Hall–Kier alpha value is -0.900. The molecule has 2 unspecified atom stereocenters. The van der Waals surface area contributed by atoms with Gasteiger partial charge in [-0.1, -0.05) is 0 Å². The standard InChI is InChI=1S/C9H16N2O2/c1-7-5-9(3-4-13-7)6-10-11-8(2)12/h6-7,9H,3-5H2,1-2H3,(H,11,12)/b10-6+. The van der Waals surface area contributed by atoms with Crippen molar-refractivity contribution in [3.8, 4) is 0 Å². The number of hydrazone groups is 1. The molecule has 0 radical (unpaired) electrons. The predicted octanol–water partition coefficient (Wildman–Crippen LogP) is 0.923. The van der Waals surface area contributed by atoms with Crippen LogP contribution in [0.25, 0.3) is 0 Å². The molecular formula is C9H16N2O2. The van der Waals surface area contributed by atoms with Gasteiger partial charge >= 0.3 is 0 Å². The molecule has 1 aliphatic heterocycles. The summed E-state index contributed by atoms with van der Waals surface area (Å²) in [5.41, 5.74) is 2.40. The summed E-state index contributed by atoms with van der Waals surface area (Å²) in [5, 5.41) is 3.85. The van der Waals surface area contributed by atoms with Crippen molar-refractivity contribution < 1.29 is 9.53 Å². The molecule has 0 aliphatic carbocycles. The number of carbonyl (C=O) groups excluding carboxylic acids is 1. The van der Waals surface area contributed by atoms with Crippen LogP contribution < -0.4 is 5.43 Å². The van der Waals surface area contributed by atoms with Gasteiger partial charge in [-0.3, -0.25) is 4.79 Å². The van der Waals surface area contributed by atoms with E-state index < -0.39 is 0 Å². The van der Waals surface area contributed by atoms with Crippen LogP contribution in [-0.2, 0) is 9.53 Å². The molecule has 1 heterocycles. The SMILES string of the molecule is CC(=O)N/N=C/C1CCOC(C)C1. The predicted molar refractivity (Wildman–Crippen MR) is 50.4 cm³/mol. The van der Waals surface area contributed by atoms with Gasteiger partial charge in [-0.05, 0) is 19.8 Å². The third kappa shape index (κ3) is 4.03. The molecule has 1 N–H and O–H groups in total. The number of hydrogen-bond donors (Lipinski definition) is 1. The molecular weight excluding hydrogens is 168 g/mol. The van der Waals surface area contributed by atoms with E-state index in [1.807, 2.05) is 0 Å². The summed E-state index contributed by atoms with van der Waals surface area (Å²) in [5.74, 6) is 0.312. The second-order valence-electron chi connectivity index (χ2n) is 3.41. The second kappa shape index (κ2) is 4.97. The average Bonchev–Trinajstić information content (AvgIpc) is 2.03. The maximum absolute atomic E-state index is 10.5. The maximum Gasteiger partial charge on any atom is 0.236 e. The molecule has 0 aromatic carbocycles. The molecule has 1 saturated heterocycles. The van der Waals surface area contributed by atoms with Crippen LogP contribution >= 0.6 is 0 Å². The lowest BCUT2D eigenvalue weighted by molar-refractivity contribution is -0.118. The van der Waals surface area contributed by atoms with Gasteiger partial charge in [0.05, 0.1) is 6.10 Å². The summed E-state index contributed by atoms with van der Waals surface area (Å²) >= 11 is 0. The number of nitrogens with one attached hydrogen (secondary N) is 1. The Morgan fingerprint density at radius 2 is 2.46 bits per heavy atom. The fraction of sp³-hybridized carbons (Fsp3) is 0.778. The number of rotatable bonds is 2. The molecule has 1 amide bonds. The molecule has 0 saturated carbocycles. The molecule has 1 aliphatic rings. The van der Waals surface area contributed by atoms with Crippen LogP contribution in [0.5, 0.6) is 0 Å². The minimum atomic E-state index is -0.128. The summed E-state index contributed by atoms with van der Waals surface area (Å²) < 4.78 is 5.39. The lowest BCUT2D eigenvalue weighted by Gasteiger charge is -2.24. The fourth-order valence-corrected chi connectivity index (χ4v) is 1.40. The average molecular weight is 184 g/mol. The highest BCUT2D eigenvalue weighted by molar-refractivity contribution is 5.74. The molecule has 74 valence electrons.